The highest BCUT2D eigenvalue weighted by molar-refractivity contribution is 4.75. The molecule has 2 N–H and O–H groups in total. The second-order valence-corrected chi connectivity index (χ2v) is 4.29. The Balaban J connectivity index is 2.16. The van der Waals surface area contributed by atoms with Crippen LogP contribution >= 0.6 is 0 Å². The first-order valence-corrected chi connectivity index (χ1v) is 6.01. The van der Waals surface area contributed by atoms with E-state index < -0.39 is 0 Å². The molecular weight excluding hydrogens is 188 g/mol. The monoisotopic (exact) mass is 212 g/mol. The van der Waals surface area contributed by atoms with E-state index in [2.05, 4.69) is 16.8 Å². The van der Waals surface area contributed by atoms with Crippen molar-refractivity contribution >= 4 is 0 Å². The summed E-state index contributed by atoms with van der Waals surface area (Å²) in [6, 6.07) is 0. The molecule has 0 aromatic rings. The van der Waals surface area contributed by atoms with Gasteiger partial charge in [0.25, 0.3) is 0 Å². The molecule has 1 aliphatic heterocycles. The summed E-state index contributed by atoms with van der Waals surface area (Å²) in [5.74, 6) is 0.872. The van der Waals surface area contributed by atoms with Crippen molar-refractivity contribution in [2.45, 2.75) is 19.3 Å². The van der Waals surface area contributed by atoms with Crippen molar-refractivity contribution in [2.75, 3.05) is 39.3 Å². The van der Waals surface area contributed by atoms with Gasteiger partial charge < -0.3 is 10.4 Å². The molecule has 0 unspecified atom stereocenters. The van der Waals surface area contributed by atoms with Gasteiger partial charge in [0.15, 0.2) is 0 Å². The summed E-state index contributed by atoms with van der Waals surface area (Å²) in [5.41, 5.74) is 0. The SMILES string of the molecule is C=CCN(CCO)CCC1CCNCC1. The largest absolute Gasteiger partial charge is 0.395 e. The summed E-state index contributed by atoms with van der Waals surface area (Å²) >= 11 is 0. The number of piperidine rings is 1. The Bertz CT molecular complexity index is 167. The van der Waals surface area contributed by atoms with Gasteiger partial charge in [-0.1, -0.05) is 6.08 Å². The van der Waals surface area contributed by atoms with Crippen molar-refractivity contribution in [1.29, 1.82) is 0 Å². The van der Waals surface area contributed by atoms with Crippen LogP contribution in [0.5, 0.6) is 0 Å². The first-order chi connectivity index (χ1) is 7.36. The van der Waals surface area contributed by atoms with E-state index in [1.807, 2.05) is 6.08 Å². The summed E-state index contributed by atoms with van der Waals surface area (Å²) in [5, 5.41) is 12.3. The van der Waals surface area contributed by atoms with Gasteiger partial charge in [-0.2, -0.15) is 0 Å². The molecule has 15 heavy (non-hydrogen) atoms. The maximum absolute atomic E-state index is 8.91. The summed E-state index contributed by atoms with van der Waals surface area (Å²) in [7, 11) is 0. The maximum atomic E-state index is 8.91. The molecule has 0 bridgehead atoms. The molecule has 1 saturated heterocycles. The second kappa shape index (κ2) is 7.85. The van der Waals surface area contributed by atoms with E-state index >= 15 is 0 Å². The molecule has 3 heteroatoms. The lowest BCUT2D eigenvalue weighted by molar-refractivity contribution is 0.193. The summed E-state index contributed by atoms with van der Waals surface area (Å²) in [6.45, 7) is 9.10. The Kier molecular flexibility index (Phi) is 6.64. The molecule has 0 radical (unpaired) electrons. The highest BCUT2D eigenvalue weighted by Gasteiger charge is 2.13. The van der Waals surface area contributed by atoms with Crippen LogP contribution in [0.2, 0.25) is 0 Å². The average Bonchev–Trinajstić information content (AvgIpc) is 2.28. The molecule has 1 rings (SSSR count). The third-order valence-electron chi connectivity index (χ3n) is 3.12. The van der Waals surface area contributed by atoms with Gasteiger partial charge in [0.2, 0.25) is 0 Å². The van der Waals surface area contributed by atoms with Crippen molar-refractivity contribution in [3.05, 3.63) is 12.7 Å². The molecule has 1 aliphatic rings. The van der Waals surface area contributed by atoms with Crippen LogP contribution in [0.15, 0.2) is 12.7 Å². The number of nitrogens with zero attached hydrogens (tertiary/aromatic N) is 1. The standard InChI is InChI=1S/C12H24N2O/c1-2-8-14(10-11-15)9-5-12-3-6-13-7-4-12/h2,12-13,15H,1,3-11H2. The smallest absolute Gasteiger partial charge is 0.0558 e. The molecule has 88 valence electrons. The normalized spacial score (nSPS) is 18.3. The molecule has 3 nitrogen and oxygen atoms in total. The third kappa shape index (κ3) is 5.30. The van der Waals surface area contributed by atoms with Crippen molar-refractivity contribution in [1.82, 2.24) is 10.2 Å². The van der Waals surface area contributed by atoms with Gasteiger partial charge in [-0.25, -0.2) is 0 Å². The predicted octanol–water partition coefficient (Wildman–Crippen LogP) is 0.856. The minimum atomic E-state index is 0.250. The second-order valence-electron chi connectivity index (χ2n) is 4.29. The molecular formula is C12H24N2O. The van der Waals surface area contributed by atoms with E-state index in [1.165, 1.54) is 32.4 Å². The fourth-order valence-electron chi connectivity index (χ4n) is 2.15. The third-order valence-corrected chi connectivity index (χ3v) is 3.12. The molecule has 0 saturated carbocycles. The summed E-state index contributed by atoms with van der Waals surface area (Å²) < 4.78 is 0. The van der Waals surface area contributed by atoms with Crippen LogP contribution in [0.1, 0.15) is 19.3 Å². The molecule has 0 aromatic carbocycles. The number of rotatable bonds is 7. The van der Waals surface area contributed by atoms with E-state index in [-0.39, 0.29) is 6.61 Å². The lowest BCUT2D eigenvalue weighted by atomic mass is 9.94. The Labute approximate surface area is 93.2 Å². The van der Waals surface area contributed by atoms with Crippen LogP contribution in [-0.4, -0.2) is 49.3 Å². The fraction of sp³-hybridized carbons (Fsp3) is 0.833. The predicted molar refractivity (Wildman–Crippen MR) is 63.9 cm³/mol. The van der Waals surface area contributed by atoms with Crippen LogP contribution in [0.4, 0.5) is 0 Å². The van der Waals surface area contributed by atoms with E-state index in [0.717, 1.165) is 25.6 Å². The Morgan fingerprint density at radius 1 is 1.33 bits per heavy atom. The molecule has 1 heterocycles. The summed E-state index contributed by atoms with van der Waals surface area (Å²) in [6.07, 6.45) is 5.79. The maximum Gasteiger partial charge on any atom is 0.0558 e. The quantitative estimate of drug-likeness (QED) is 0.614. The summed E-state index contributed by atoms with van der Waals surface area (Å²) in [4.78, 5) is 2.27. The van der Waals surface area contributed by atoms with Crippen molar-refractivity contribution in [3.63, 3.8) is 0 Å². The molecule has 1 fully saturated rings. The lowest BCUT2D eigenvalue weighted by Crippen LogP contribution is -2.32. The number of nitrogens with one attached hydrogen (secondary N) is 1. The highest BCUT2D eigenvalue weighted by Crippen LogP contribution is 2.16. The first-order valence-electron chi connectivity index (χ1n) is 6.01. The van der Waals surface area contributed by atoms with Gasteiger partial charge in [0.1, 0.15) is 0 Å². The zero-order chi connectivity index (χ0) is 10.9. The molecule has 0 atom stereocenters. The Morgan fingerprint density at radius 2 is 2.07 bits per heavy atom. The number of aliphatic hydroxyl groups is 1. The zero-order valence-corrected chi connectivity index (χ0v) is 9.62. The van der Waals surface area contributed by atoms with E-state index in [9.17, 15) is 0 Å². The van der Waals surface area contributed by atoms with Crippen molar-refractivity contribution in [3.8, 4) is 0 Å². The number of aliphatic hydroxyl groups excluding tert-OH is 1. The van der Waals surface area contributed by atoms with Gasteiger partial charge in [-0.3, -0.25) is 4.90 Å². The highest BCUT2D eigenvalue weighted by atomic mass is 16.3. The van der Waals surface area contributed by atoms with Crippen molar-refractivity contribution in [2.24, 2.45) is 5.92 Å². The molecule has 0 spiro atoms. The Morgan fingerprint density at radius 3 is 2.67 bits per heavy atom. The van der Waals surface area contributed by atoms with E-state index in [4.69, 9.17) is 5.11 Å². The Hall–Kier alpha value is -0.380. The molecule has 0 aliphatic carbocycles. The first kappa shape index (κ1) is 12.7. The van der Waals surface area contributed by atoms with E-state index in [0.29, 0.717) is 0 Å². The van der Waals surface area contributed by atoms with E-state index in [1.54, 1.807) is 0 Å². The van der Waals surface area contributed by atoms with Gasteiger partial charge in [0.05, 0.1) is 6.61 Å². The number of hydrogen-bond acceptors (Lipinski definition) is 3. The van der Waals surface area contributed by atoms with Gasteiger partial charge >= 0.3 is 0 Å². The molecule has 0 aromatic heterocycles. The van der Waals surface area contributed by atoms with Crippen molar-refractivity contribution < 1.29 is 5.11 Å². The molecule has 0 amide bonds. The van der Waals surface area contributed by atoms with Gasteiger partial charge in [0, 0.05) is 13.1 Å². The topological polar surface area (TPSA) is 35.5 Å². The minimum Gasteiger partial charge on any atom is -0.395 e. The van der Waals surface area contributed by atoms with Crippen LogP contribution in [0.25, 0.3) is 0 Å². The fourth-order valence-corrected chi connectivity index (χ4v) is 2.15. The van der Waals surface area contributed by atoms with Gasteiger partial charge in [-0.15, -0.1) is 6.58 Å². The lowest BCUT2D eigenvalue weighted by Gasteiger charge is -2.26. The van der Waals surface area contributed by atoms with Crippen LogP contribution in [0, 0.1) is 5.92 Å². The zero-order valence-electron chi connectivity index (χ0n) is 9.62. The van der Waals surface area contributed by atoms with Crippen LogP contribution in [0.3, 0.4) is 0 Å². The minimum absolute atomic E-state index is 0.250. The average molecular weight is 212 g/mol. The number of hydrogen-bond donors (Lipinski definition) is 2. The van der Waals surface area contributed by atoms with Crippen LogP contribution in [-0.2, 0) is 0 Å². The van der Waals surface area contributed by atoms with Crippen LogP contribution < -0.4 is 5.32 Å². The van der Waals surface area contributed by atoms with Gasteiger partial charge in [-0.05, 0) is 44.8 Å².